The van der Waals surface area contributed by atoms with Crippen molar-refractivity contribution in [3.63, 3.8) is 0 Å². The Bertz CT molecular complexity index is 1430. The Morgan fingerprint density at radius 1 is 0.853 bits per heavy atom. The van der Waals surface area contributed by atoms with Crippen LogP contribution in [0, 0.1) is 0 Å². The number of hydrogen-bond donors (Lipinski definition) is 1. The number of allylic oxidation sites excluding steroid dienone is 1. The summed E-state index contributed by atoms with van der Waals surface area (Å²) in [4.78, 5) is 14.6. The number of hydrogen-bond acceptors (Lipinski definition) is 4. The molecule has 1 atom stereocenters. The van der Waals surface area contributed by atoms with Gasteiger partial charge in [0.25, 0.3) is 0 Å². The second-order valence-electron chi connectivity index (χ2n) is 9.17. The molecule has 1 unspecified atom stereocenters. The monoisotopic (exact) mass is 449 g/mol. The van der Waals surface area contributed by atoms with E-state index in [1.165, 1.54) is 18.4 Å². The fraction of sp³-hybridized carbons (Fsp3) is 0.300. The third kappa shape index (κ3) is 4.21. The Hall–Kier alpha value is -3.53. The van der Waals surface area contributed by atoms with Crippen LogP contribution in [0.5, 0.6) is 5.75 Å². The van der Waals surface area contributed by atoms with Crippen molar-refractivity contribution in [1.29, 1.82) is 0 Å². The molecule has 0 spiro atoms. The molecule has 3 heterocycles. The minimum atomic E-state index is 0.130. The van der Waals surface area contributed by atoms with Gasteiger partial charge >= 0.3 is 0 Å². The molecule has 0 saturated carbocycles. The number of fused-ring (bicyclic) bond motifs is 3. The molecule has 0 bridgehead atoms. The molecule has 0 radical (unpaired) electrons. The first kappa shape index (κ1) is 22.3. The maximum Gasteiger partial charge on any atom is 0.134 e. The number of phenolic OH excluding ortho intramolecular Hbond substituents is 1. The number of aromatic hydroxyl groups is 1. The van der Waals surface area contributed by atoms with Gasteiger partial charge in [-0.3, -0.25) is 9.98 Å². The van der Waals surface area contributed by atoms with Gasteiger partial charge in [0.2, 0.25) is 0 Å². The minimum absolute atomic E-state index is 0.130. The summed E-state index contributed by atoms with van der Waals surface area (Å²) in [7, 11) is 0. The fourth-order valence-corrected chi connectivity index (χ4v) is 4.66. The van der Waals surface area contributed by atoms with Gasteiger partial charge < -0.3 is 5.11 Å². The molecule has 0 aliphatic carbocycles. The molecule has 0 fully saturated rings. The molecule has 0 amide bonds. The van der Waals surface area contributed by atoms with Crippen molar-refractivity contribution in [2.24, 2.45) is 4.99 Å². The highest BCUT2D eigenvalue weighted by Gasteiger charge is 2.19. The Kier molecular flexibility index (Phi) is 6.14. The lowest BCUT2D eigenvalue weighted by molar-refractivity contribution is 0.475. The van der Waals surface area contributed by atoms with Crippen LogP contribution in [0.1, 0.15) is 56.9 Å². The van der Waals surface area contributed by atoms with E-state index in [1.807, 2.05) is 12.1 Å². The van der Waals surface area contributed by atoms with E-state index in [1.54, 1.807) is 0 Å². The predicted molar refractivity (Wildman–Crippen MR) is 142 cm³/mol. The van der Waals surface area contributed by atoms with Crippen molar-refractivity contribution in [2.45, 2.75) is 58.9 Å². The molecule has 4 nitrogen and oxygen atoms in total. The number of unbranched alkanes of at least 4 members (excludes halogenated alkanes) is 2. The summed E-state index contributed by atoms with van der Waals surface area (Å²) in [5.41, 5.74) is 7.18. The first-order valence-corrected chi connectivity index (χ1v) is 12.4. The van der Waals surface area contributed by atoms with Gasteiger partial charge in [0.1, 0.15) is 5.75 Å². The topological polar surface area (TPSA) is 58.4 Å². The van der Waals surface area contributed by atoms with E-state index in [0.717, 1.165) is 69.3 Å². The van der Waals surface area contributed by atoms with Crippen molar-refractivity contribution in [3.8, 4) is 17.0 Å². The lowest BCUT2D eigenvalue weighted by atomic mass is 9.95. The Morgan fingerprint density at radius 3 is 2.26 bits per heavy atom. The van der Waals surface area contributed by atoms with E-state index in [-0.39, 0.29) is 11.8 Å². The predicted octanol–water partition coefficient (Wildman–Crippen LogP) is 7.20. The van der Waals surface area contributed by atoms with Crippen molar-refractivity contribution < 1.29 is 5.11 Å². The number of aromatic nitrogens is 2. The summed E-state index contributed by atoms with van der Waals surface area (Å²) in [6, 6.07) is 16.8. The van der Waals surface area contributed by atoms with E-state index in [4.69, 9.17) is 15.0 Å². The number of pyridine rings is 2. The van der Waals surface area contributed by atoms with Gasteiger partial charge in [-0.05, 0) is 62.1 Å². The molecule has 2 aromatic heterocycles. The Balaban J connectivity index is 1.69. The second-order valence-corrected chi connectivity index (χ2v) is 9.17. The van der Waals surface area contributed by atoms with Crippen LogP contribution in [0.25, 0.3) is 33.1 Å². The van der Waals surface area contributed by atoms with Crippen LogP contribution in [-0.4, -0.2) is 26.8 Å². The molecule has 4 heteroatoms. The summed E-state index contributed by atoms with van der Waals surface area (Å²) in [6.07, 6.45) is 9.42. The molecule has 1 aliphatic heterocycles. The maximum atomic E-state index is 11.4. The number of benzene rings is 2. The molecule has 172 valence electrons. The zero-order valence-corrected chi connectivity index (χ0v) is 20.2. The average molecular weight is 450 g/mol. The summed E-state index contributed by atoms with van der Waals surface area (Å²) in [5.74, 6) is 0.242. The lowest BCUT2D eigenvalue weighted by Crippen LogP contribution is -2.01. The molecule has 0 saturated heterocycles. The molecule has 1 aliphatic rings. The number of aliphatic imine (C=N–C) groups is 1. The van der Waals surface area contributed by atoms with E-state index < -0.39 is 0 Å². The molecule has 1 N–H and O–H groups in total. The second kappa shape index (κ2) is 9.38. The van der Waals surface area contributed by atoms with Gasteiger partial charge in [-0.15, -0.1) is 0 Å². The van der Waals surface area contributed by atoms with Crippen molar-refractivity contribution in [3.05, 3.63) is 77.5 Å². The van der Waals surface area contributed by atoms with Crippen LogP contribution >= 0.6 is 0 Å². The van der Waals surface area contributed by atoms with Crippen LogP contribution in [0.4, 0.5) is 0 Å². The Morgan fingerprint density at radius 2 is 1.56 bits per heavy atom. The largest absolute Gasteiger partial charge is 0.507 e. The number of nitrogens with zero attached hydrogens (tertiary/aromatic N) is 3. The third-order valence-electron chi connectivity index (χ3n) is 6.61. The maximum absolute atomic E-state index is 11.4. The standard InChI is InChI=1S/C30H31N3O/c1-4-6-7-8-20-17-24(26-15-9-19(3)31-26)30(34)25(18-20)27-16-13-22-11-10-21-12-14-23(5-2)32-28(21)29(22)33-27/h9-19,34H,4-8H2,1-3H3. The minimum Gasteiger partial charge on any atom is -0.507 e. The first-order chi connectivity index (χ1) is 16.6. The molecular formula is C30H31N3O. The fourth-order valence-electron chi connectivity index (χ4n) is 4.66. The number of aryl methyl sites for hydroxylation is 2. The van der Waals surface area contributed by atoms with Crippen LogP contribution < -0.4 is 0 Å². The molecule has 5 rings (SSSR count). The number of rotatable bonds is 7. The normalized spacial score (nSPS) is 15.4. The van der Waals surface area contributed by atoms with Crippen molar-refractivity contribution in [1.82, 2.24) is 9.97 Å². The van der Waals surface area contributed by atoms with Crippen molar-refractivity contribution in [2.75, 3.05) is 0 Å². The van der Waals surface area contributed by atoms with Gasteiger partial charge in [-0.1, -0.05) is 57.0 Å². The van der Waals surface area contributed by atoms with E-state index in [2.05, 4.69) is 69.3 Å². The zero-order chi connectivity index (χ0) is 23.7. The van der Waals surface area contributed by atoms with Gasteiger partial charge in [-0.2, -0.15) is 0 Å². The highest BCUT2D eigenvalue weighted by atomic mass is 16.3. The average Bonchev–Trinajstić information content (AvgIpc) is 3.30. The molecular weight excluding hydrogens is 418 g/mol. The van der Waals surface area contributed by atoms with Gasteiger partial charge in [0, 0.05) is 27.6 Å². The summed E-state index contributed by atoms with van der Waals surface area (Å²) in [5, 5.41) is 13.5. The first-order valence-electron chi connectivity index (χ1n) is 12.4. The van der Waals surface area contributed by atoms with Crippen LogP contribution in [0.2, 0.25) is 0 Å². The molecule has 34 heavy (non-hydrogen) atoms. The van der Waals surface area contributed by atoms with Gasteiger partial charge in [-0.25, -0.2) is 4.98 Å². The summed E-state index contributed by atoms with van der Waals surface area (Å²) >= 11 is 0. The SMILES string of the molecule is CCCCCc1cc(C2=NC(C)C=C2)c(O)c(-c2ccc3ccc4ccc(CC)nc4c3n2)c1. The number of phenols is 1. The quantitative estimate of drug-likeness (QED) is 0.240. The van der Waals surface area contributed by atoms with Crippen LogP contribution in [0.3, 0.4) is 0 Å². The van der Waals surface area contributed by atoms with Crippen molar-refractivity contribution >= 4 is 27.5 Å². The van der Waals surface area contributed by atoms with E-state index in [0.29, 0.717) is 0 Å². The van der Waals surface area contributed by atoms with Crippen LogP contribution in [-0.2, 0) is 12.8 Å². The highest BCUT2D eigenvalue weighted by molar-refractivity contribution is 6.13. The zero-order valence-electron chi connectivity index (χ0n) is 20.2. The summed E-state index contributed by atoms with van der Waals surface area (Å²) < 4.78 is 0. The van der Waals surface area contributed by atoms with E-state index in [9.17, 15) is 5.11 Å². The molecule has 2 aromatic carbocycles. The molecule has 4 aromatic rings. The third-order valence-corrected chi connectivity index (χ3v) is 6.61. The van der Waals surface area contributed by atoms with Gasteiger partial charge in [0.05, 0.1) is 28.5 Å². The van der Waals surface area contributed by atoms with Gasteiger partial charge in [0.15, 0.2) is 0 Å². The summed E-state index contributed by atoms with van der Waals surface area (Å²) in [6.45, 7) is 6.39. The van der Waals surface area contributed by atoms with E-state index >= 15 is 0 Å². The van der Waals surface area contributed by atoms with Crippen LogP contribution in [0.15, 0.2) is 65.7 Å². The Labute approximate surface area is 201 Å². The lowest BCUT2D eigenvalue weighted by Gasteiger charge is -2.14. The smallest absolute Gasteiger partial charge is 0.134 e. The highest BCUT2D eigenvalue weighted by Crippen LogP contribution is 2.36.